The van der Waals surface area contributed by atoms with Crippen LogP contribution in [0, 0.1) is 0 Å². The van der Waals surface area contributed by atoms with Crippen molar-refractivity contribution in [3.05, 3.63) is 47.5 Å². The van der Waals surface area contributed by atoms with E-state index in [1.165, 1.54) is 0 Å². The van der Waals surface area contributed by atoms with Crippen molar-refractivity contribution in [1.82, 2.24) is 8.75 Å². The number of rotatable bonds is 6. The van der Waals surface area contributed by atoms with Gasteiger partial charge < -0.3 is 15.5 Å². The number of benzene rings is 2. The van der Waals surface area contributed by atoms with E-state index in [1.54, 1.807) is 37.4 Å². The Morgan fingerprint density at radius 1 is 1.04 bits per heavy atom. The lowest BCUT2D eigenvalue weighted by molar-refractivity contribution is -0.862. The van der Waals surface area contributed by atoms with Crippen LogP contribution in [-0.2, 0) is 9.59 Å². The summed E-state index contributed by atoms with van der Waals surface area (Å²) in [4.78, 5) is 25.1. The number of carbonyl (C=O) groups excluding carboxylic acids is 2. The van der Waals surface area contributed by atoms with Crippen LogP contribution >= 0.6 is 23.3 Å². The number of likely N-dealkylation sites (N-methyl/N-ethyl adjacent to an activating group) is 1. The number of quaternary nitrogens is 1. The largest absolute Gasteiger partial charge is 0.322 e. The van der Waals surface area contributed by atoms with E-state index in [-0.39, 0.29) is 24.9 Å². The number of nitrogens with one attached hydrogen (secondary N) is 3. The van der Waals surface area contributed by atoms with Crippen LogP contribution in [0.4, 0.5) is 11.4 Å². The number of amides is 2. The number of halogens is 1. The van der Waals surface area contributed by atoms with Crippen LogP contribution in [0.5, 0.6) is 0 Å². The van der Waals surface area contributed by atoms with Gasteiger partial charge in [0.15, 0.2) is 13.1 Å². The summed E-state index contributed by atoms with van der Waals surface area (Å²) in [6.07, 6.45) is 0. The Kier molecular flexibility index (Phi) is 5.77. The molecule has 1 atom stereocenters. The topological polar surface area (TPSA) is 88.4 Å². The lowest BCUT2D eigenvalue weighted by Crippen LogP contribution is -3.11. The van der Waals surface area contributed by atoms with E-state index in [2.05, 4.69) is 19.4 Å². The van der Waals surface area contributed by atoms with Gasteiger partial charge in [-0.05, 0) is 36.4 Å². The Morgan fingerprint density at radius 3 is 2.46 bits per heavy atom. The average molecular weight is 391 g/mol. The number of nitrogens with zero attached hydrogens (tertiary/aromatic N) is 2. The molecule has 2 amide bonds. The Morgan fingerprint density at radius 2 is 1.73 bits per heavy atom. The van der Waals surface area contributed by atoms with Gasteiger partial charge in [0.25, 0.3) is 11.8 Å². The van der Waals surface area contributed by atoms with Crippen LogP contribution in [-0.4, -0.2) is 40.7 Å². The number of hydrogen-bond donors (Lipinski definition) is 3. The molecule has 0 aliphatic carbocycles. The second kappa shape index (κ2) is 8.22. The van der Waals surface area contributed by atoms with E-state index in [4.69, 9.17) is 11.6 Å². The van der Waals surface area contributed by atoms with Gasteiger partial charge in [-0.1, -0.05) is 17.7 Å². The van der Waals surface area contributed by atoms with Crippen LogP contribution in [0.2, 0.25) is 5.02 Å². The number of carbonyl (C=O) groups is 2. The summed E-state index contributed by atoms with van der Waals surface area (Å²) in [5.74, 6) is -0.370. The van der Waals surface area contributed by atoms with E-state index in [0.717, 1.165) is 22.1 Å². The zero-order chi connectivity index (χ0) is 18.5. The highest BCUT2D eigenvalue weighted by atomic mass is 35.5. The molecule has 1 unspecified atom stereocenters. The molecule has 0 spiro atoms. The molecule has 0 fully saturated rings. The predicted molar refractivity (Wildman–Crippen MR) is 103 cm³/mol. The number of fused-ring (bicyclic) bond motifs is 1. The van der Waals surface area contributed by atoms with Crippen molar-refractivity contribution >= 4 is 57.6 Å². The lowest BCUT2D eigenvalue weighted by atomic mass is 10.2. The molecule has 2 aromatic carbocycles. The van der Waals surface area contributed by atoms with Gasteiger partial charge in [-0.25, -0.2) is 0 Å². The van der Waals surface area contributed by atoms with E-state index < -0.39 is 0 Å². The predicted octanol–water partition coefficient (Wildman–Crippen LogP) is 1.44. The molecule has 0 saturated heterocycles. The fraction of sp³-hybridized carbons (Fsp3) is 0.176. The molecule has 26 heavy (non-hydrogen) atoms. The number of aromatic nitrogens is 2. The quantitative estimate of drug-likeness (QED) is 0.594. The average Bonchev–Trinajstić information content (AvgIpc) is 3.06. The van der Waals surface area contributed by atoms with E-state index in [9.17, 15) is 9.59 Å². The van der Waals surface area contributed by atoms with Gasteiger partial charge in [0.2, 0.25) is 0 Å². The SMILES string of the molecule is C[NH+](CC(=O)Nc1ccc(Cl)cc1)CC(=O)Nc1cccc2nsnc12. The zero-order valence-electron chi connectivity index (χ0n) is 14.0. The van der Waals surface area contributed by atoms with Crippen molar-refractivity contribution in [2.75, 3.05) is 30.8 Å². The summed E-state index contributed by atoms with van der Waals surface area (Å²) < 4.78 is 8.33. The van der Waals surface area contributed by atoms with Crippen molar-refractivity contribution < 1.29 is 14.5 Å². The van der Waals surface area contributed by atoms with Gasteiger partial charge in [-0.15, -0.1) is 0 Å². The molecule has 0 saturated carbocycles. The molecule has 134 valence electrons. The molecular formula is C17H17ClN5O2S+. The maximum absolute atomic E-state index is 12.2. The van der Waals surface area contributed by atoms with Gasteiger partial charge >= 0.3 is 0 Å². The van der Waals surface area contributed by atoms with Crippen molar-refractivity contribution in [3.8, 4) is 0 Å². The fourth-order valence-electron chi connectivity index (χ4n) is 2.45. The smallest absolute Gasteiger partial charge is 0.279 e. The minimum Gasteiger partial charge on any atom is -0.322 e. The Hall–Kier alpha value is -2.55. The first-order chi connectivity index (χ1) is 12.5. The van der Waals surface area contributed by atoms with E-state index in [1.807, 2.05) is 12.1 Å². The molecule has 0 radical (unpaired) electrons. The molecular weight excluding hydrogens is 374 g/mol. The second-order valence-electron chi connectivity index (χ2n) is 5.85. The molecule has 9 heteroatoms. The summed E-state index contributed by atoms with van der Waals surface area (Å²) in [7, 11) is 1.78. The van der Waals surface area contributed by atoms with Crippen LogP contribution in [0.25, 0.3) is 11.0 Å². The second-order valence-corrected chi connectivity index (χ2v) is 6.82. The summed E-state index contributed by atoms with van der Waals surface area (Å²) in [6, 6.07) is 12.3. The van der Waals surface area contributed by atoms with Gasteiger partial charge in [0, 0.05) is 10.7 Å². The number of hydrogen-bond acceptors (Lipinski definition) is 5. The number of anilines is 2. The van der Waals surface area contributed by atoms with Crippen molar-refractivity contribution in [1.29, 1.82) is 0 Å². The first kappa shape index (κ1) is 18.2. The molecule has 7 nitrogen and oxygen atoms in total. The molecule has 1 heterocycles. The van der Waals surface area contributed by atoms with Crippen molar-refractivity contribution in [3.63, 3.8) is 0 Å². The fourth-order valence-corrected chi connectivity index (χ4v) is 3.13. The van der Waals surface area contributed by atoms with Gasteiger partial charge in [0.05, 0.1) is 24.5 Å². The van der Waals surface area contributed by atoms with Crippen LogP contribution in [0.1, 0.15) is 0 Å². The standard InChI is InChI=1S/C17H16ClN5O2S/c1-23(9-15(24)19-12-7-5-11(18)6-8-12)10-16(25)20-13-3-2-4-14-17(13)22-26-21-14/h2-8H,9-10H2,1H3,(H,19,24)(H,20,25)/p+1. The van der Waals surface area contributed by atoms with E-state index in [0.29, 0.717) is 21.9 Å². The first-order valence-electron chi connectivity index (χ1n) is 7.89. The third-order valence-corrected chi connectivity index (χ3v) is 4.41. The minimum absolute atomic E-state index is 0.155. The minimum atomic E-state index is -0.192. The highest BCUT2D eigenvalue weighted by Crippen LogP contribution is 2.20. The summed E-state index contributed by atoms with van der Waals surface area (Å²) >= 11 is 6.92. The maximum Gasteiger partial charge on any atom is 0.279 e. The highest BCUT2D eigenvalue weighted by Gasteiger charge is 2.16. The van der Waals surface area contributed by atoms with Gasteiger partial charge in [0.1, 0.15) is 11.0 Å². The van der Waals surface area contributed by atoms with Gasteiger partial charge in [-0.2, -0.15) is 8.75 Å². The molecule has 3 N–H and O–H groups in total. The van der Waals surface area contributed by atoms with Crippen LogP contribution < -0.4 is 15.5 Å². The Bertz CT molecular complexity index is 928. The lowest BCUT2D eigenvalue weighted by Gasteiger charge is -2.14. The molecule has 3 aromatic rings. The molecule has 1 aromatic heterocycles. The molecule has 0 aliphatic heterocycles. The van der Waals surface area contributed by atoms with Crippen LogP contribution in [0.15, 0.2) is 42.5 Å². The first-order valence-corrected chi connectivity index (χ1v) is 9.00. The summed E-state index contributed by atoms with van der Waals surface area (Å²) in [5, 5.41) is 6.21. The van der Waals surface area contributed by atoms with E-state index >= 15 is 0 Å². The molecule has 0 aliphatic rings. The Labute approximate surface area is 159 Å². The maximum atomic E-state index is 12.2. The summed E-state index contributed by atoms with van der Waals surface area (Å²) in [5.41, 5.74) is 2.71. The zero-order valence-corrected chi connectivity index (χ0v) is 15.5. The third kappa shape index (κ3) is 4.75. The van der Waals surface area contributed by atoms with Crippen molar-refractivity contribution in [2.45, 2.75) is 0 Å². The van der Waals surface area contributed by atoms with Gasteiger partial charge in [-0.3, -0.25) is 9.59 Å². The third-order valence-electron chi connectivity index (χ3n) is 3.61. The molecule has 3 rings (SSSR count). The summed E-state index contributed by atoms with van der Waals surface area (Å²) in [6.45, 7) is 0.320. The monoisotopic (exact) mass is 390 g/mol. The molecule has 0 bridgehead atoms. The Balaban J connectivity index is 1.51. The van der Waals surface area contributed by atoms with Crippen molar-refractivity contribution in [2.24, 2.45) is 0 Å². The highest BCUT2D eigenvalue weighted by molar-refractivity contribution is 7.00. The normalized spacial score (nSPS) is 11.9. The van der Waals surface area contributed by atoms with Crippen LogP contribution in [0.3, 0.4) is 0 Å².